The zero-order chi connectivity index (χ0) is 13.6. The van der Waals surface area contributed by atoms with E-state index in [4.69, 9.17) is 4.74 Å². The number of carbonyl (C=O) groups is 1. The Morgan fingerprint density at radius 2 is 1.94 bits per heavy atom. The minimum Gasteiger partial charge on any atom is -0.466 e. The van der Waals surface area contributed by atoms with Crippen LogP contribution >= 0.6 is 0 Å². The predicted octanol–water partition coefficient (Wildman–Crippen LogP) is 3.23. The van der Waals surface area contributed by atoms with Crippen molar-refractivity contribution in [2.75, 3.05) is 19.7 Å². The van der Waals surface area contributed by atoms with Gasteiger partial charge >= 0.3 is 5.97 Å². The second-order valence-corrected chi connectivity index (χ2v) is 5.40. The fourth-order valence-electron chi connectivity index (χ4n) is 3.56. The summed E-state index contributed by atoms with van der Waals surface area (Å²) in [6, 6.07) is 0. The van der Waals surface area contributed by atoms with Gasteiger partial charge in [-0.25, -0.2) is 0 Å². The maximum Gasteiger partial charge on any atom is 0.307 e. The fraction of sp³-hybridized carbons (Fsp3) is 0.933. The van der Waals surface area contributed by atoms with Crippen molar-refractivity contribution in [2.45, 2.75) is 65.3 Å². The minimum atomic E-state index is -0.0295. The van der Waals surface area contributed by atoms with Crippen LogP contribution in [0.25, 0.3) is 0 Å². The molecule has 3 nitrogen and oxygen atoms in total. The van der Waals surface area contributed by atoms with Gasteiger partial charge in [0, 0.05) is 5.54 Å². The van der Waals surface area contributed by atoms with Crippen LogP contribution in [0.1, 0.15) is 59.8 Å². The lowest BCUT2D eigenvalue weighted by molar-refractivity contribution is -0.149. The van der Waals surface area contributed by atoms with Crippen molar-refractivity contribution < 1.29 is 9.53 Å². The molecule has 0 aromatic heterocycles. The minimum absolute atomic E-state index is 0.0295. The Hall–Kier alpha value is -0.570. The van der Waals surface area contributed by atoms with Gasteiger partial charge < -0.3 is 4.74 Å². The lowest BCUT2D eigenvalue weighted by atomic mass is 9.70. The molecule has 1 aliphatic rings. The van der Waals surface area contributed by atoms with E-state index in [1.54, 1.807) is 0 Å². The van der Waals surface area contributed by atoms with E-state index in [1.165, 1.54) is 19.3 Å². The van der Waals surface area contributed by atoms with E-state index >= 15 is 0 Å². The second kappa shape index (κ2) is 7.13. The molecule has 0 aliphatic heterocycles. The highest BCUT2D eigenvalue weighted by Crippen LogP contribution is 2.41. The molecule has 18 heavy (non-hydrogen) atoms. The zero-order valence-corrected chi connectivity index (χ0v) is 12.5. The molecule has 0 aromatic rings. The summed E-state index contributed by atoms with van der Waals surface area (Å²) in [5, 5.41) is 0. The average molecular weight is 255 g/mol. The molecule has 0 N–H and O–H groups in total. The smallest absolute Gasteiger partial charge is 0.307 e. The zero-order valence-electron chi connectivity index (χ0n) is 12.5. The molecule has 1 fully saturated rings. The number of nitrogens with zero attached hydrogens (tertiary/aromatic N) is 1. The SMILES string of the molecule is CCOC(=O)CC1(N(CC)CC)CCCCC1C. The molecule has 0 aromatic carbocycles. The van der Waals surface area contributed by atoms with Gasteiger partial charge in [-0.1, -0.05) is 33.6 Å². The van der Waals surface area contributed by atoms with Crippen LogP contribution in [0.2, 0.25) is 0 Å². The maximum atomic E-state index is 11.9. The lowest BCUT2D eigenvalue weighted by Gasteiger charge is -2.49. The first-order valence-electron chi connectivity index (χ1n) is 7.51. The highest BCUT2D eigenvalue weighted by atomic mass is 16.5. The lowest BCUT2D eigenvalue weighted by Crippen LogP contribution is -2.55. The molecular weight excluding hydrogens is 226 g/mol. The van der Waals surface area contributed by atoms with Gasteiger partial charge in [-0.2, -0.15) is 0 Å². The second-order valence-electron chi connectivity index (χ2n) is 5.40. The summed E-state index contributed by atoms with van der Waals surface area (Å²) < 4.78 is 5.19. The Morgan fingerprint density at radius 3 is 2.44 bits per heavy atom. The Balaban J connectivity index is 2.88. The first-order valence-corrected chi connectivity index (χ1v) is 7.51. The van der Waals surface area contributed by atoms with E-state index in [0.717, 1.165) is 19.5 Å². The molecule has 106 valence electrons. The molecule has 0 saturated heterocycles. The Bertz CT molecular complexity index is 263. The number of esters is 1. The molecule has 1 rings (SSSR count). The van der Waals surface area contributed by atoms with Crippen LogP contribution in [0.15, 0.2) is 0 Å². The summed E-state index contributed by atoms with van der Waals surface area (Å²) in [7, 11) is 0. The van der Waals surface area contributed by atoms with E-state index in [9.17, 15) is 4.79 Å². The van der Waals surface area contributed by atoms with Crippen molar-refractivity contribution in [3.8, 4) is 0 Å². The van der Waals surface area contributed by atoms with E-state index in [2.05, 4.69) is 25.7 Å². The molecule has 2 atom stereocenters. The van der Waals surface area contributed by atoms with Crippen molar-refractivity contribution in [2.24, 2.45) is 5.92 Å². The van der Waals surface area contributed by atoms with Gasteiger partial charge in [-0.15, -0.1) is 0 Å². The Morgan fingerprint density at radius 1 is 1.28 bits per heavy atom. The first kappa shape index (κ1) is 15.5. The fourth-order valence-corrected chi connectivity index (χ4v) is 3.56. The van der Waals surface area contributed by atoms with E-state index < -0.39 is 0 Å². The molecule has 0 radical (unpaired) electrons. The molecule has 0 bridgehead atoms. The van der Waals surface area contributed by atoms with E-state index in [1.807, 2.05) is 6.92 Å². The van der Waals surface area contributed by atoms with Gasteiger partial charge in [0.1, 0.15) is 0 Å². The summed E-state index contributed by atoms with van der Waals surface area (Å²) in [6.45, 7) is 11.1. The monoisotopic (exact) mass is 255 g/mol. The summed E-state index contributed by atoms with van der Waals surface area (Å²) >= 11 is 0. The first-order chi connectivity index (χ1) is 8.60. The predicted molar refractivity (Wildman–Crippen MR) is 74.5 cm³/mol. The summed E-state index contributed by atoms with van der Waals surface area (Å²) in [4.78, 5) is 14.4. The molecule has 0 heterocycles. The van der Waals surface area contributed by atoms with Gasteiger partial charge in [0.2, 0.25) is 0 Å². The Labute approximate surface area is 112 Å². The number of carbonyl (C=O) groups excluding carboxylic acids is 1. The van der Waals surface area contributed by atoms with Gasteiger partial charge in [0.05, 0.1) is 13.0 Å². The molecule has 1 aliphatic carbocycles. The summed E-state index contributed by atoms with van der Waals surface area (Å²) in [6.07, 6.45) is 5.46. The Kier molecular flexibility index (Phi) is 6.13. The third kappa shape index (κ3) is 3.25. The van der Waals surface area contributed by atoms with Crippen molar-refractivity contribution in [3.63, 3.8) is 0 Å². The van der Waals surface area contributed by atoms with Crippen molar-refractivity contribution in [1.29, 1.82) is 0 Å². The highest BCUT2D eigenvalue weighted by molar-refractivity contribution is 5.71. The molecule has 2 unspecified atom stereocenters. The highest BCUT2D eigenvalue weighted by Gasteiger charge is 2.43. The third-order valence-corrected chi connectivity index (χ3v) is 4.56. The average Bonchev–Trinajstić information content (AvgIpc) is 2.34. The van der Waals surface area contributed by atoms with Crippen LogP contribution in [0, 0.1) is 5.92 Å². The van der Waals surface area contributed by atoms with E-state index in [0.29, 0.717) is 18.9 Å². The standard InChI is InChI=1S/C15H29NO2/c1-5-16(6-2)15(12-14(17)18-7-3)11-9-8-10-13(15)4/h13H,5-12H2,1-4H3. The van der Waals surface area contributed by atoms with Gasteiger partial charge in [0.25, 0.3) is 0 Å². The third-order valence-electron chi connectivity index (χ3n) is 4.56. The van der Waals surface area contributed by atoms with Crippen LogP contribution in [-0.2, 0) is 9.53 Å². The number of hydrogen-bond donors (Lipinski definition) is 0. The summed E-state index contributed by atoms with van der Waals surface area (Å²) in [5.41, 5.74) is 0.0357. The molecule has 0 amide bonds. The normalized spacial score (nSPS) is 28.4. The van der Waals surface area contributed by atoms with Crippen molar-refractivity contribution >= 4 is 5.97 Å². The molecule has 1 saturated carbocycles. The van der Waals surface area contributed by atoms with Crippen LogP contribution < -0.4 is 0 Å². The quantitative estimate of drug-likeness (QED) is 0.682. The van der Waals surface area contributed by atoms with Crippen LogP contribution in [0.5, 0.6) is 0 Å². The number of ether oxygens (including phenoxy) is 1. The molecule has 0 spiro atoms. The summed E-state index contributed by atoms with van der Waals surface area (Å²) in [5.74, 6) is 0.550. The van der Waals surface area contributed by atoms with Gasteiger partial charge in [0.15, 0.2) is 0 Å². The number of hydrogen-bond acceptors (Lipinski definition) is 3. The van der Waals surface area contributed by atoms with Crippen LogP contribution in [0.3, 0.4) is 0 Å². The topological polar surface area (TPSA) is 29.5 Å². The van der Waals surface area contributed by atoms with E-state index in [-0.39, 0.29) is 11.5 Å². The van der Waals surface area contributed by atoms with Gasteiger partial charge in [-0.05, 0) is 38.8 Å². The number of rotatable bonds is 6. The van der Waals surface area contributed by atoms with Crippen molar-refractivity contribution in [1.82, 2.24) is 4.90 Å². The molecule has 3 heteroatoms. The van der Waals surface area contributed by atoms with Gasteiger partial charge in [-0.3, -0.25) is 9.69 Å². The van der Waals surface area contributed by atoms with Crippen molar-refractivity contribution in [3.05, 3.63) is 0 Å². The van der Waals surface area contributed by atoms with Crippen LogP contribution in [-0.4, -0.2) is 36.1 Å². The maximum absolute atomic E-state index is 11.9. The largest absolute Gasteiger partial charge is 0.466 e. The van der Waals surface area contributed by atoms with Crippen LogP contribution in [0.4, 0.5) is 0 Å². The molecular formula is C15H29NO2.